The summed E-state index contributed by atoms with van der Waals surface area (Å²) < 4.78 is 3.95. The molecule has 1 atom stereocenters. The van der Waals surface area contributed by atoms with Crippen LogP contribution < -0.4 is 5.73 Å². The van der Waals surface area contributed by atoms with Crippen molar-refractivity contribution < 1.29 is 4.79 Å². The highest BCUT2D eigenvalue weighted by Gasteiger charge is 2.32. The summed E-state index contributed by atoms with van der Waals surface area (Å²) in [6.45, 7) is 7.46. The van der Waals surface area contributed by atoms with Crippen molar-refractivity contribution in [2.75, 3.05) is 13.1 Å². The Balaban J connectivity index is 2.20. The summed E-state index contributed by atoms with van der Waals surface area (Å²) in [6, 6.07) is 0. The van der Waals surface area contributed by atoms with Crippen LogP contribution in [0.1, 0.15) is 49.0 Å². The summed E-state index contributed by atoms with van der Waals surface area (Å²) >= 11 is 6.23. The summed E-state index contributed by atoms with van der Waals surface area (Å²) in [5, 5.41) is 4.13. The number of rotatable bonds is 2. The second-order valence-corrected chi connectivity index (χ2v) is 7.42. The number of hydrogen-bond donors (Lipinski definition) is 1. The van der Waals surface area contributed by atoms with Gasteiger partial charge in [0.05, 0.1) is 10.7 Å². The Labute approximate surface area is 128 Å². The first-order valence-electron chi connectivity index (χ1n) is 6.72. The van der Waals surface area contributed by atoms with Gasteiger partial charge in [-0.25, -0.2) is 0 Å². The molecule has 1 amide bonds. The van der Waals surface area contributed by atoms with E-state index < -0.39 is 0 Å². The highest BCUT2D eigenvalue weighted by Crippen LogP contribution is 2.28. The zero-order chi connectivity index (χ0) is 14.9. The molecule has 7 heteroatoms. The fourth-order valence-corrected chi connectivity index (χ4v) is 3.40. The van der Waals surface area contributed by atoms with Gasteiger partial charge in [0.25, 0.3) is 5.91 Å². The smallest absolute Gasteiger partial charge is 0.267 e. The number of thiocarbonyl (C=S) groups is 1. The lowest BCUT2D eigenvalue weighted by Crippen LogP contribution is -2.43. The van der Waals surface area contributed by atoms with Crippen LogP contribution in [0.5, 0.6) is 0 Å². The molecule has 2 rings (SSSR count). The number of carbonyl (C=O) groups is 1. The minimum Gasteiger partial charge on any atom is -0.393 e. The van der Waals surface area contributed by atoms with E-state index in [-0.39, 0.29) is 17.2 Å². The minimum absolute atomic E-state index is 0.00544. The zero-order valence-corrected chi connectivity index (χ0v) is 13.7. The van der Waals surface area contributed by atoms with Crippen molar-refractivity contribution in [1.82, 2.24) is 14.5 Å². The van der Waals surface area contributed by atoms with E-state index >= 15 is 0 Å². The Hall–Kier alpha value is -1.08. The lowest BCUT2D eigenvalue weighted by atomic mass is 9.91. The summed E-state index contributed by atoms with van der Waals surface area (Å²) in [7, 11) is 0. The molecule has 1 saturated heterocycles. The van der Waals surface area contributed by atoms with Gasteiger partial charge in [-0.2, -0.15) is 0 Å². The molecule has 20 heavy (non-hydrogen) atoms. The van der Waals surface area contributed by atoms with E-state index in [2.05, 4.69) is 9.59 Å². The minimum atomic E-state index is -0.184. The second kappa shape index (κ2) is 5.73. The molecule has 1 unspecified atom stereocenters. The van der Waals surface area contributed by atoms with Crippen LogP contribution in [0.25, 0.3) is 0 Å². The molecule has 0 spiro atoms. The number of aromatic nitrogens is 2. The van der Waals surface area contributed by atoms with Crippen molar-refractivity contribution in [2.45, 2.75) is 39.0 Å². The maximum Gasteiger partial charge on any atom is 0.267 e. The number of hydrogen-bond acceptors (Lipinski definition) is 5. The Morgan fingerprint density at radius 2 is 2.20 bits per heavy atom. The Morgan fingerprint density at radius 1 is 1.50 bits per heavy atom. The molecule has 0 radical (unpaired) electrons. The molecule has 1 aromatic heterocycles. The fourth-order valence-electron chi connectivity index (χ4n) is 2.36. The molecule has 2 heterocycles. The normalized spacial score (nSPS) is 19.9. The number of amides is 1. The molecule has 110 valence electrons. The van der Waals surface area contributed by atoms with E-state index in [0.29, 0.717) is 16.4 Å². The first-order valence-corrected chi connectivity index (χ1v) is 7.90. The third-order valence-electron chi connectivity index (χ3n) is 3.50. The maximum absolute atomic E-state index is 12.7. The van der Waals surface area contributed by atoms with Gasteiger partial charge in [0, 0.05) is 24.4 Å². The van der Waals surface area contributed by atoms with E-state index in [1.807, 2.05) is 25.7 Å². The van der Waals surface area contributed by atoms with Gasteiger partial charge >= 0.3 is 0 Å². The summed E-state index contributed by atoms with van der Waals surface area (Å²) in [5.41, 5.74) is 6.30. The first kappa shape index (κ1) is 15.3. The number of nitrogens with zero attached hydrogens (tertiary/aromatic N) is 3. The summed E-state index contributed by atoms with van der Waals surface area (Å²) in [4.78, 5) is 15.6. The summed E-state index contributed by atoms with van der Waals surface area (Å²) in [6.07, 6.45) is 1.90. The van der Waals surface area contributed by atoms with Gasteiger partial charge in [-0.15, -0.1) is 5.10 Å². The number of carbonyl (C=O) groups excluding carboxylic acids is 1. The molecule has 5 nitrogen and oxygen atoms in total. The third-order valence-corrected chi connectivity index (χ3v) is 4.55. The second-order valence-electron chi connectivity index (χ2n) is 6.19. The van der Waals surface area contributed by atoms with Crippen molar-refractivity contribution in [2.24, 2.45) is 11.7 Å². The van der Waals surface area contributed by atoms with Crippen LogP contribution in [0.2, 0.25) is 0 Å². The monoisotopic (exact) mass is 312 g/mol. The molecule has 0 aromatic carbocycles. The maximum atomic E-state index is 12.7. The highest BCUT2D eigenvalue weighted by atomic mass is 32.1. The van der Waals surface area contributed by atoms with E-state index in [4.69, 9.17) is 18.0 Å². The van der Waals surface area contributed by atoms with Crippen LogP contribution in [-0.2, 0) is 5.41 Å². The van der Waals surface area contributed by atoms with Crippen LogP contribution in [-0.4, -0.2) is 38.5 Å². The van der Waals surface area contributed by atoms with Crippen LogP contribution in [0.15, 0.2) is 0 Å². The third kappa shape index (κ3) is 3.15. The van der Waals surface area contributed by atoms with Crippen molar-refractivity contribution in [3.05, 3.63) is 10.6 Å². The topological polar surface area (TPSA) is 72.1 Å². The van der Waals surface area contributed by atoms with Gasteiger partial charge < -0.3 is 10.6 Å². The predicted octanol–water partition coefficient (Wildman–Crippen LogP) is 1.97. The van der Waals surface area contributed by atoms with Crippen LogP contribution in [0.4, 0.5) is 0 Å². The Kier molecular flexibility index (Phi) is 4.39. The zero-order valence-electron chi connectivity index (χ0n) is 12.0. The van der Waals surface area contributed by atoms with E-state index in [1.165, 1.54) is 11.5 Å². The van der Waals surface area contributed by atoms with Crippen LogP contribution >= 0.6 is 23.8 Å². The first-order chi connectivity index (χ1) is 9.30. The van der Waals surface area contributed by atoms with Crippen LogP contribution in [0.3, 0.4) is 0 Å². The molecule has 0 bridgehead atoms. The average molecular weight is 312 g/mol. The lowest BCUT2D eigenvalue weighted by Gasteiger charge is -2.32. The van der Waals surface area contributed by atoms with Gasteiger partial charge in [0.2, 0.25) is 0 Å². The van der Waals surface area contributed by atoms with E-state index in [9.17, 15) is 4.79 Å². The van der Waals surface area contributed by atoms with Crippen LogP contribution in [0, 0.1) is 5.92 Å². The van der Waals surface area contributed by atoms with Gasteiger partial charge in [-0.05, 0) is 24.4 Å². The highest BCUT2D eigenvalue weighted by molar-refractivity contribution is 7.80. The van der Waals surface area contributed by atoms with E-state index in [0.717, 1.165) is 25.1 Å². The van der Waals surface area contributed by atoms with Gasteiger partial charge in [0.1, 0.15) is 4.88 Å². The molecule has 0 saturated carbocycles. The number of nitrogens with two attached hydrogens (primary N) is 1. The van der Waals surface area contributed by atoms with E-state index in [1.54, 1.807) is 0 Å². The SMILES string of the molecule is CC(C)(C)c1nnsc1C(=O)N1CCCC(C(N)=S)C1. The quantitative estimate of drug-likeness (QED) is 0.845. The molecule has 1 aromatic rings. The van der Waals surface area contributed by atoms with Gasteiger partial charge in [0.15, 0.2) is 0 Å². The lowest BCUT2D eigenvalue weighted by molar-refractivity contribution is 0.0706. The predicted molar refractivity (Wildman–Crippen MR) is 84.0 cm³/mol. The molecule has 0 aliphatic carbocycles. The number of piperidine rings is 1. The van der Waals surface area contributed by atoms with Crippen molar-refractivity contribution in [3.63, 3.8) is 0 Å². The molecule has 1 aliphatic heterocycles. The van der Waals surface area contributed by atoms with Crippen molar-refractivity contribution in [3.8, 4) is 0 Å². The van der Waals surface area contributed by atoms with Gasteiger partial charge in [-0.3, -0.25) is 4.79 Å². The molecule has 1 fully saturated rings. The molecular weight excluding hydrogens is 292 g/mol. The standard InChI is InChI=1S/C13H20N4OS2/c1-13(2,3)10-9(20-16-15-10)12(18)17-6-4-5-8(7-17)11(14)19/h8H,4-7H2,1-3H3,(H2,14,19). The van der Waals surface area contributed by atoms with Gasteiger partial charge in [-0.1, -0.05) is 37.5 Å². The molecular formula is C13H20N4OS2. The Morgan fingerprint density at radius 3 is 2.80 bits per heavy atom. The fraction of sp³-hybridized carbons (Fsp3) is 0.692. The Bertz CT molecular complexity index is 521. The largest absolute Gasteiger partial charge is 0.393 e. The molecule has 2 N–H and O–H groups in total. The number of likely N-dealkylation sites (tertiary alicyclic amines) is 1. The van der Waals surface area contributed by atoms with Crippen molar-refractivity contribution in [1.29, 1.82) is 0 Å². The summed E-state index contributed by atoms with van der Waals surface area (Å²) in [5.74, 6) is 0.132. The molecule has 1 aliphatic rings. The average Bonchev–Trinajstić information content (AvgIpc) is 2.87. The van der Waals surface area contributed by atoms with Crippen molar-refractivity contribution >= 4 is 34.6 Å².